The number of hydrogen-bond donors (Lipinski definition) is 1. The third-order valence-corrected chi connectivity index (χ3v) is 5.29. The van der Waals surface area contributed by atoms with Gasteiger partial charge in [-0.05, 0) is 62.8 Å². The highest BCUT2D eigenvalue weighted by atomic mass is 16.3. The van der Waals surface area contributed by atoms with E-state index in [0.717, 1.165) is 53.5 Å². The molecule has 2 heterocycles. The van der Waals surface area contributed by atoms with Gasteiger partial charge in [0.25, 0.3) is 0 Å². The van der Waals surface area contributed by atoms with Crippen molar-refractivity contribution in [1.82, 2.24) is 14.8 Å². The number of anilines is 1. The predicted octanol–water partition coefficient (Wildman–Crippen LogP) is 4.75. The van der Waals surface area contributed by atoms with Gasteiger partial charge in [-0.2, -0.15) is 5.10 Å². The molecule has 1 N–H and O–H groups in total. The number of fused-ring (bicyclic) bond motifs is 1. The van der Waals surface area contributed by atoms with Crippen molar-refractivity contribution in [2.24, 2.45) is 5.92 Å². The molecule has 2 aromatic heterocycles. The third-order valence-electron chi connectivity index (χ3n) is 5.29. The van der Waals surface area contributed by atoms with Crippen LogP contribution in [0.5, 0.6) is 0 Å². The first-order chi connectivity index (χ1) is 13.4. The Hall–Kier alpha value is -2.63. The Balaban J connectivity index is 1.39. The Morgan fingerprint density at radius 3 is 2.82 bits per heavy atom. The smallest absolute Gasteiger partial charge is 0.224 e. The number of nitrogens with zero attached hydrogens (tertiary/aromatic N) is 3. The molecular weight excluding hydrogens is 352 g/mol. The fourth-order valence-corrected chi connectivity index (χ4v) is 3.61. The normalized spacial score (nSPS) is 14.2. The van der Waals surface area contributed by atoms with Crippen LogP contribution in [0.2, 0.25) is 0 Å². The molecule has 6 heteroatoms. The summed E-state index contributed by atoms with van der Waals surface area (Å²) >= 11 is 0. The molecule has 0 unspecified atom stereocenters. The summed E-state index contributed by atoms with van der Waals surface area (Å²) in [4.78, 5) is 17.0. The summed E-state index contributed by atoms with van der Waals surface area (Å²) in [5, 5.41) is 7.62. The van der Waals surface area contributed by atoms with Crippen LogP contribution in [0.15, 0.2) is 22.6 Å². The number of aromatic nitrogens is 3. The minimum atomic E-state index is 0.000621. The number of carbonyl (C=O) groups is 1. The number of nitrogens with one attached hydrogen (secondary N) is 1. The van der Waals surface area contributed by atoms with Crippen LogP contribution in [0.25, 0.3) is 11.1 Å². The van der Waals surface area contributed by atoms with Crippen LogP contribution in [0.3, 0.4) is 0 Å². The molecule has 0 spiro atoms. The standard InChI is InChI=1S/C22H28N4O2/c1-13(2)12-26-15(4)18(14(3)25-26)8-10-21(27)23-17-7-9-20-19(11-17)24-22(28-20)16-5-6-16/h7,9,11,13,16H,5-6,8,10,12H2,1-4H3,(H,23,27). The van der Waals surface area contributed by atoms with Crippen LogP contribution in [-0.4, -0.2) is 20.7 Å². The second kappa shape index (κ2) is 7.41. The van der Waals surface area contributed by atoms with E-state index in [-0.39, 0.29) is 5.91 Å². The summed E-state index contributed by atoms with van der Waals surface area (Å²) in [5.41, 5.74) is 5.71. The van der Waals surface area contributed by atoms with Crippen molar-refractivity contribution in [3.63, 3.8) is 0 Å². The van der Waals surface area contributed by atoms with Gasteiger partial charge in [0.15, 0.2) is 11.5 Å². The van der Waals surface area contributed by atoms with Gasteiger partial charge in [0.1, 0.15) is 5.52 Å². The molecule has 148 valence electrons. The van der Waals surface area contributed by atoms with Crippen LogP contribution in [0.4, 0.5) is 5.69 Å². The van der Waals surface area contributed by atoms with Crippen LogP contribution < -0.4 is 5.32 Å². The van der Waals surface area contributed by atoms with Crippen LogP contribution in [-0.2, 0) is 17.8 Å². The molecule has 1 fully saturated rings. The number of oxazole rings is 1. The summed E-state index contributed by atoms with van der Waals surface area (Å²) in [7, 11) is 0. The predicted molar refractivity (Wildman–Crippen MR) is 109 cm³/mol. The van der Waals surface area contributed by atoms with Crippen molar-refractivity contribution in [2.45, 2.75) is 65.8 Å². The highest BCUT2D eigenvalue weighted by Gasteiger charge is 2.28. The van der Waals surface area contributed by atoms with E-state index >= 15 is 0 Å². The van der Waals surface area contributed by atoms with E-state index in [2.05, 4.69) is 40.9 Å². The van der Waals surface area contributed by atoms with Gasteiger partial charge in [-0.1, -0.05) is 13.8 Å². The lowest BCUT2D eigenvalue weighted by Crippen LogP contribution is -2.13. The molecule has 0 atom stereocenters. The molecule has 28 heavy (non-hydrogen) atoms. The van der Waals surface area contributed by atoms with E-state index < -0.39 is 0 Å². The number of hydrogen-bond acceptors (Lipinski definition) is 4. The first-order valence-electron chi connectivity index (χ1n) is 10.1. The maximum atomic E-state index is 12.5. The number of carbonyl (C=O) groups excluding carboxylic acids is 1. The molecule has 1 saturated carbocycles. The molecule has 1 aromatic carbocycles. The lowest BCUT2D eigenvalue weighted by Gasteiger charge is -2.08. The molecule has 1 aliphatic rings. The Bertz CT molecular complexity index is 1010. The van der Waals surface area contributed by atoms with Gasteiger partial charge < -0.3 is 9.73 Å². The number of aryl methyl sites for hydroxylation is 1. The molecular formula is C22H28N4O2. The summed E-state index contributed by atoms with van der Waals surface area (Å²) in [6.07, 6.45) is 3.44. The summed E-state index contributed by atoms with van der Waals surface area (Å²) < 4.78 is 7.84. The van der Waals surface area contributed by atoms with E-state index in [1.807, 2.05) is 25.1 Å². The van der Waals surface area contributed by atoms with Gasteiger partial charge in [-0.15, -0.1) is 0 Å². The van der Waals surface area contributed by atoms with E-state index in [1.165, 1.54) is 5.56 Å². The largest absolute Gasteiger partial charge is 0.440 e. The van der Waals surface area contributed by atoms with Crippen molar-refractivity contribution in [3.05, 3.63) is 41.0 Å². The zero-order valence-electron chi connectivity index (χ0n) is 17.1. The molecule has 0 radical (unpaired) electrons. The van der Waals surface area contributed by atoms with Gasteiger partial charge in [0.05, 0.1) is 5.69 Å². The number of amides is 1. The van der Waals surface area contributed by atoms with Crippen molar-refractivity contribution < 1.29 is 9.21 Å². The zero-order chi connectivity index (χ0) is 19.8. The Morgan fingerprint density at radius 1 is 1.32 bits per heavy atom. The Kier molecular flexibility index (Phi) is 4.96. The van der Waals surface area contributed by atoms with Crippen molar-refractivity contribution >= 4 is 22.7 Å². The number of rotatable bonds is 7. The molecule has 4 rings (SSSR count). The second-order valence-electron chi connectivity index (χ2n) is 8.28. The lowest BCUT2D eigenvalue weighted by molar-refractivity contribution is -0.116. The lowest BCUT2D eigenvalue weighted by atomic mass is 10.1. The van der Waals surface area contributed by atoms with Crippen molar-refractivity contribution in [3.8, 4) is 0 Å². The second-order valence-corrected chi connectivity index (χ2v) is 8.28. The molecule has 6 nitrogen and oxygen atoms in total. The Morgan fingerprint density at radius 2 is 2.11 bits per heavy atom. The van der Waals surface area contributed by atoms with Crippen molar-refractivity contribution in [1.29, 1.82) is 0 Å². The summed E-state index contributed by atoms with van der Waals surface area (Å²) in [6.45, 7) is 9.38. The number of benzene rings is 1. The average Bonchev–Trinajstić information content (AvgIpc) is 3.34. The summed E-state index contributed by atoms with van der Waals surface area (Å²) in [5.74, 6) is 1.85. The first-order valence-corrected chi connectivity index (χ1v) is 10.1. The van der Waals surface area contributed by atoms with Gasteiger partial charge in [0.2, 0.25) is 5.91 Å². The average molecular weight is 380 g/mol. The molecule has 0 bridgehead atoms. The van der Waals surface area contributed by atoms with Gasteiger partial charge in [0, 0.05) is 30.3 Å². The van der Waals surface area contributed by atoms with E-state index in [4.69, 9.17) is 4.42 Å². The van der Waals surface area contributed by atoms with E-state index in [1.54, 1.807) is 0 Å². The Labute approximate surface area is 165 Å². The molecule has 1 amide bonds. The quantitative estimate of drug-likeness (QED) is 0.642. The van der Waals surface area contributed by atoms with Gasteiger partial charge >= 0.3 is 0 Å². The van der Waals surface area contributed by atoms with Crippen molar-refractivity contribution in [2.75, 3.05) is 5.32 Å². The molecule has 3 aromatic rings. The monoisotopic (exact) mass is 380 g/mol. The molecule has 1 aliphatic carbocycles. The van der Waals surface area contributed by atoms with Crippen LogP contribution >= 0.6 is 0 Å². The minimum absolute atomic E-state index is 0.000621. The first kappa shape index (κ1) is 18.7. The fourth-order valence-electron chi connectivity index (χ4n) is 3.61. The topological polar surface area (TPSA) is 73.0 Å². The fraction of sp³-hybridized carbons (Fsp3) is 0.500. The van der Waals surface area contributed by atoms with E-state index in [0.29, 0.717) is 24.7 Å². The minimum Gasteiger partial charge on any atom is -0.440 e. The van der Waals surface area contributed by atoms with Crippen LogP contribution in [0.1, 0.15) is 61.9 Å². The summed E-state index contributed by atoms with van der Waals surface area (Å²) in [6, 6.07) is 5.65. The van der Waals surface area contributed by atoms with E-state index in [9.17, 15) is 4.79 Å². The SMILES string of the molecule is Cc1nn(CC(C)C)c(C)c1CCC(=O)Nc1ccc2oc(C3CC3)nc2c1. The maximum Gasteiger partial charge on any atom is 0.224 e. The maximum absolute atomic E-state index is 12.5. The third kappa shape index (κ3) is 3.96. The highest BCUT2D eigenvalue weighted by molar-refractivity contribution is 5.92. The molecule has 0 saturated heterocycles. The van der Waals surface area contributed by atoms with Crippen LogP contribution in [0, 0.1) is 19.8 Å². The van der Waals surface area contributed by atoms with Gasteiger partial charge in [-0.3, -0.25) is 9.48 Å². The van der Waals surface area contributed by atoms with Gasteiger partial charge in [-0.25, -0.2) is 4.98 Å². The zero-order valence-corrected chi connectivity index (χ0v) is 17.1. The highest BCUT2D eigenvalue weighted by Crippen LogP contribution is 2.40. The molecule has 0 aliphatic heterocycles.